The summed E-state index contributed by atoms with van der Waals surface area (Å²) in [5, 5.41) is 0.962. The third-order valence-electron chi connectivity index (χ3n) is 4.34. The maximum atomic E-state index is 12.7. The Bertz CT molecular complexity index is 977. The summed E-state index contributed by atoms with van der Waals surface area (Å²) in [5.74, 6) is -0.133. The third-order valence-corrected chi connectivity index (χ3v) is 4.34. The highest BCUT2D eigenvalue weighted by molar-refractivity contribution is 5.80. The number of H-pyrrole nitrogens is 1. The molecule has 2 aromatic heterocycles. The van der Waals surface area contributed by atoms with Gasteiger partial charge in [-0.25, -0.2) is 0 Å². The summed E-state index contributed by atoms with van der Waals surface area (Å²) in [6.45, 7) is 6.42. The lowest BCUT2D eigenvalue weighted by Gasteiger charge is -2.24. The van der Waals surface area contributed by atoms with Crippen molar-refractivity contribution in [2.24, 2.45) is 5.92 Å². The van der Waals surface area contributed by atoms with Crippen LogP contribution in [0.2, 0.25) is 0 Å². The molecule has 0 aliphatic rings. The van der Waals surface area contributed by atoms with Crippen molar-refractivity contribution in [3.05, 3.63) is 75.8 Å². The summed E-state index contributed by atoms with van der Waals surface area (Å²) in [6.07, 6.45) is 3.45. The molecule has 1 amide bonds. The number of carbonyl (C=O) groups excluding carboxylic acids is 1. The summed E-state index contributed by atoms with van der Waals surface area (Å²) < 4.78 is 0. The number of carbonyl (C=O) groups is 1. The van der Waals surface area contributed by atoms with Crippen molar-refractivity contribution in [2.45, 2.75) is 33.9 Å². The fraction of sp³-hybridized carbons (Fsp3) is 0.286. The molecule has 0 atom stereocenters. The van der Waals surface area contributed by atoms with Crippen molar-refractivity contribution in [2.75, 3.05) is 0 Å². The Morgan fingerprint density at radius 1 is 1.19 bits per heavy atom. The topological polar surface area (TPSA) is 66.1 Å². The quantitative estimate of drug-likeness (QED) is 0.767. The van der Waals surface area contributed by atoms with Gasteiger partial charge in [-0.2, -0.15) is 0 Å². The second-order valence-corrected chi connectivity index (χ2v) is 6.92. The van der Waals surface area contributed by atoms with E-state index in [4.69, 9.17) is 0 Å². The maximum absolute atomic E-state index is 12.7. The summed E-state index contributed by atoms with van der Waals surface area (Å²) in [7, 11) is 0. The number of nitrogens with one attached hydrogen (secondary N) is 1. The largest absolute Gasteiger partial charge is 0.334 e. The molecular weight excluding hydrogens is 326 g/mol. The number of hydrogen-bond acceptors (Lipinski definition) is 3. The van der Waals surface area contributed by atoms with Crippen LogP contribution in [0, 0.1) is 12.8 Å². The Morgan fingerprint density at radius 2 is 2.00 bits per heavy atom. The average Bonchev–Trinajstić information content (AvgIpc) is 2.62. The SMILES string of the molecule is Cc1ccc2cc(CN(Cc3cccnc3)C(=O)C(C)C)c(=O)[nH]c2c1. The molecule has 3 aromatic rings. The zero-order valence-corrected chi connectivity index (χ0v) is 15.3. The van der Waals surface area contributed by atoms with Crippen LogP contribution in [0.1, 0.15) is 30.5 Å². The predicted octanol–water partition coefficient (Wildman–Crippen LogP) is 3.42. The molecule has 5 heteroatoms. The number of nitrogens with zero attached hydrogens (tertiary/aromatic N) is 2. The molecule has 3 rings (SSSR count). The molecule has 134 valence electrons. The molecule has 0 aliphatic carbocycles. The average molecular weight is 349 g/mol. The van der Waals surface area contributed by atoms with Gasteiger partial charge in [0.1, 0.15) is 0 Å². The van der Waals surface area contributed by atoms with Gasteiger partial charge in [-0.1, -0.05) is 32.0 Å². The van der Waals surface area contributed by atoms with Crippen LogP contribution >= 0.6 is 0 Å². The first kappa shape index (κ1) is 17.9. The predicted molar refractivity (Wildman–Crippen MR) is 103 cm³/mol. The number of hydrogen-bond donors (Lipinski definition) is 1. The molecule has 0 saturated heterocycles. The van der Waals surface area contributed by atoms with Crippen molar-refractivity contribution in [3.8, 4) is 0 Å². The lowest BCUT2D eigenvalue weighted by atomic mass is 10.1. The van der Waals surface area contributed by atoms with Crippen molar-refractivity contribution in [1.29, 1.82) is 0 Å². The second-order valence-electron chi connectivity index (χ2n) is 6.92. The van der Waals surface area contributed by atoms with Crippen molar-refractivity contribution < 1.29 is 4.79 Å². The summed E-state index contributed by atoms with van der Waals surface area (Å²) in [4.78, 5) is 33.9. The van der Waals surface area contributed by atoms with E-state index in [0.29, 0.717) is 12.1 Å². The van der Waals surface area contributed by atoms with Gasteiger partial charge >= 0.3 is 0 Å². The van der Waals surface area contributed by atoms with E-state index in [1.54, 1.807) is 17.3 Å². The first-order chi connectivity index (χ1) is 12.4. The lowest BCUT2D eigenvalue weighted by Crippen LogP contribution is -2.35. The molecule has 0 bridgehead atoms. The van der Waals surface area contributed by atoms with E-state index >= 15 is 0 Å². The normalized spacial score (nSPS) is 11.1. The first-order valence-electron chi connectivity index (χ1n) is 8.74. The summed E-state index contributed by atoms with van der Waals surface area (Å²) >= 11 is 0. The molecule has 26 heavy (non-hydrogen) atoms. The van der Waals surface area contributed by atoms with Gasteiger partial charge < -0.3 is 9.88 Å². The summed E-state index contributed by atoms with van der Waals surface area (Å²) in [6, 6.07) is 11.6. The zero-order chi connectivity index (χ0) is 18.7. The molecule has 0 fully saturated rings. The number of aromatic nitrogens is 2. The van der Waals surface area contributed by atoms with Crippen LogP contribution in [0.25, 0.3) is 10.9 Å². The van der Waals surface area contributed by atoms with E-state index in [0.717, 1.165) is 22.0 Å². The van der Waals surface area contributed by atoms with E-state index in [2.05, 4.69) is 9.97 Å². The number of aryl methyl sites for hydroxylation is 1. The van der Waals surface area contributed by atoms with E-state index in [1.807, 2.05) is 57.2 Å². The Hall–Kier alpha value is -2.95. The minimum Gasteiger partial charge on any atom is -0.334 e. The fourth-order valence-electron chi connectivity index (χ4n) is 2.97. The van der Waals surface area contributed by atoms with Crippen LogP contribution < -0.4 is 5.56 Å². The van der Waals surface area contributed by atoms with Crippen molar-refractivity contribution in [3.63, 3.8) is 0 Å². The molecule has 0 unspecified atom stereocenters. The Morgan fingerprint density at radius 3 is 2.69 bits per heavy atom. The van der Waals surface area contributed by atoms with Gasteiger partial charge in [0.05, 0.1) is 6.54 Å². The Kier molecular flexibility index (Phi) is 5.16. The maximum Gasteiger partial charge on any atom is 0.253 e. The number of fused-ring (bicyclic) bond motifs is 1. The first-order valence-corrected chi connectivity index (χ1v) is 8.74. The summed E-state index contributed by atoms with van der Waals surface area (Å²) in [5.41, 5.74) is 3.27. The van der Waals surface area contributed by atoms with Crippen LogP contribution in [0.3, 0.4) is 0 Å². The number of aromatic amines is 1. The minimum atomic E-state index is -0.157. The number of pyridine rings is 2. The van der Waals surface area contributed by atoms with E-state index in [-0.39, 0.29) is 23.9 Å². The van der Waals surface area contributed by atoms with Crippen molar-refractivity contribution in [1.82, 2.24) is 14.9 Å². The lowest BCUT2D eigenvalue weighted by molar-refractivity contribution is -0.135. The van der Waals surface area contributed by atoms with Gasteiger partial charge in [-0.15, -0.1) is 0 Å². The van der Waals surface area contributed by atoms with Crippen LogP contribution in [-0.4, -0.2) is 20.8 Å². The molecule has 1 N–H and O–H groups in total. The van der Waals surface area contributed by atoms with E-state index < -0.39 is 0 Å². The zero-order valence-electron chi connectivity index (χ0n) is 15.3. The molecular formula is C21H23N3O2. The smallest absolute Gasteiger partial charge is 0.253 e. The van der Waals surface area contributed by atoms with Gasteiger partial charge in [0.25, 0.3) is 5.56 Å². The van der Waals surface area contributed by atoms with Crippen LogP contribution in [0.4, 0.5) is 0 Å². The highest BCUT2D eigenvalue weighted by Crippen LogP contribution is 2.16. The highest BCUT2D eigenvalue weighted by Gasteiger charge is 2.19. The molecule has 1 aromatic carbocycles. The standard InChI is InChI=1S/C21H23N3O2/c1-14(2)21(26)24(12-16-5-4-8-22-11-16)13-18-10-17-7-6-15(3)9-19(17)23-20(18)25/h4-11,14H,12-13H2,1-3H3,(H,23,25). The van der Waals surface area contributed by atoms with Crippen LogP contribution in [0.5, 0.6) is 0 Å². The van der Waals surface area contributed by atoms with Gasteiger partial charge in [0.2, 0.25) is 5.91 Å². The molecule has 0 saturated carbocycles. The minimum absolute atomic E-state index is 0.0113. The van der Waals surface area contributed by atoms with Gasteiger partial charge in [0, 0.05) is 35.9 Å². The monoisotopic (exact) mass is 349 g/mol. The number of amides is 1. The van der Waals surface area contributed by atoms with E-state index in [9.17, 15) is 9.59 Å². The molecule has 0 aliphatic heterocycles. The fourth-order valence-corrected chi connectivity index (χ4v) is 2.97. The highest BCUT2D eigenvalue weighted by atomic mass is 16.2. The van der Waals surface area contributed by atoms with Crippen LogP contribution in [0.15, 0.2) is 53.6 Å². The molecule has 5 nitrogen and oxygen atoms in total. The number of rotatable bonds is 5. The van der Waals surface area contributed by atoms with Crippen molar-refractivity contribution >= 4 is 16.8 Å². The third kappa shape index (κ3) is 3.99. The second kappa shape index (κ2) is 7.52. The molecule has 2 heterocycles. The van der Waals surface area contributed by atoms with E-state index in [1.165, 1.54) is 0 Å². The Balaban J connectivity index is 1.94. The molecule has 0 radical (unpaired) electrons. The van der Waals surface area contributed by atoms with Gasteiger partial charge in [-0.3, -0.25) is 14.6 Å². The van der Waals surface area contributed by atoms with Crippen LogP contribution in [-0.2, 0) is 17.9 Å². The number of benzene rings is 1. The Labute approximate surface area is 152 Å². The van der Waals surface area contributed by atoms with Gasteiger partial charge in [-0.05, 0) is 41.6 Å². The van der Waals surface area contributed by atoms with Gasteiger partial charge in [0.15, 0.2) is 0 Å². The molecule has 0 spiro atoms.